The third kappa shape index (κ3) is 4.13. The molecule has 0 aliphatic carbocycles. The highest BCUT2D eigenvalue weighted by molar-refractivity contribution is 9.10. The number of nitrogens with zero attached hydrogens (tertiary/aromatic N) is 1. The van der Waals surface area contributed by atoms with Gasteiger partial charge in [0.1, 0.15) is 5.82 Å². The van der Waals surface area contributed by atoms with Crippen LogP contribution in [0, 0.1) is 12.7 Å². The van der Waals surface area contributed by atoms with Crippen LogP contribution in [0.3, 0.4) is 0 Å². The number of nitrogens with two attached hydrogens (primary N) is 1. The molecule has 2 rings (SSSR count). The molecule has 0 fully saturated rings. The van der Waals surface area contributed by atoms with Crippen molar-refractivity contribution in [1.82, 2.24) is 4.90 Å². The van der Waals surface area contributed by atoms with E-state index in [9.17, 15) is 4.39 Å². The Morgan fingerprint density at radius 1 is 1.19 bits per heavy atom. The molecule has 0 aliphatic rings. The summed E-state index contributed by atoms with van der Waals surface area (Å²) in [5.41, 5.74) is 9.41. The van der Waals surface area contributed by atoms with Gasteiger partial charge in [-0.25, -0.2) is 4.39 Å². The SMILES string of the molecule is Cc1ccc(C(CN)N(C)Cc2ccc(F)cc2)cc1Br. The molecule has 2 aromatic rings. The minimum absolute atomic E-state index is 0.131. The van der Waals surface area contributed by atoms with Gasteiger partial charge in [0.15, 0.2) is 0 Å². The lowest BCUT2D eigenvalue weighted by molar-refractivity contribution is 0.241. The van der Waals surface area contributed by atoms with E-state index < -0.39 is 0 Å². The summed E-state index contributed by atoms with van der Waals surface area (Å²) in [5.74, 6) is -0.209. The summed E-state index contributed by atoms with van der Waals surface area (Å²) in [6.07, 6.45) is 0. The molecule has 0 radical (unpaired) electrons. The first-order valence-electron chi connectivity index (χ1n) is 6.92. The van der Waals surface area contributed by atoms with Gasteiger partial charge >= 0.3 is 0 Å². The van der Waals surface area contributed by atoms with E-state index in [1.54, 1.807) is 0 Å². The number of benzene rings is 2. The van der Waals surface area contributed by atoms with Crippen LogP contribution in [0.5, 0.6) is 0 Å². The zero-order valence-corrected chi connectivity index (χ0v) is 13.9. The lowest BCUT2D eigenvalue weighted by atomic mass is 10.0. The van der Waals surface area contributed by atoms with Crippen LogP contribution in [0.4, 0.5) is 4.39 Å². The van der Waals surface area contributed by atoms with E-state index in [-0.39, 0.29) is 11.9 Å². The van der Waals surface area contributed by atoms with Gasteiger partial charge in [-0.1, -0.05) is 40.2 Å². The minimum atomic E-state index is -0.209. The molecule has 0 spiro atoms. The van der Waals surface area contributed by atoms with E-state index in [1.807, 2.05) is 19.2 Å². The zero-order chi connectivity index (χ0) is 15.4. The van der Waals surface area contributed by atoms with E-state index in [0.29, 0.717) is 6.54 Å². The molecule has 21 heavy (non-hydrogen) atoms. The fraction of sp³-hybridized carbons (Fsp3) is 0.294. The summed E-state index contributed by atoms with van der Waals surface area (Å²) >= 11 is 3.57. The van der Waals surface area contributed by atoms with Crippen molar-refractivity contribution < 1.29 is 4.39 Å². The van der Waals surface area contributed by atoms with Crippen molar-refractivity contribution in [2.75, 3.05) is 13.6 Å². The second kappa shape index (κ2) is 7.16. The first-order valence-corrected chi connectivity index (χ1v) is 7.71. The Kier molecular flexibility index (Phi) is 5.51. The Morgan fingerprint density at radius 3 is 2.43 bits per heavy atom. The minimum Gasteiger partial charge on any atom is -0.329 e. The maximum absolute atomic E-state index is 13.0. The van der Waals surface area contributed by atoms with Gasteiger partial charge in [0.05, 0.1) is 0 Å². The Morgan fingerprint density at radius 2 is 1.86 bits per heavy atom. The molecular formula is C17H20BrFN2. The highest BCUT2D eigenvalue weighted by Gasteiger charge is 2.16. The Balaban J connectivity index is 2.15. The average Bonchev–Trinajstić information content (AvgIpc) is 2.46. The largest absolute Gasteiger partial charge is 0.329 e. The second-order valence-electron chi connectivity index (χ2n) is 5.30. The number of hydrogen-bond donors (Lipinski definition) is 1. The Hall–Kier alpha value is -1.23. The van der Waals surface area contributed by atoms with Crippen LogP contribution in [-0.4, -0.2) is 18.5 Å². The second-order valence-corrected chi connectivity index (χ2v) is 6.16. The lowest BCUT2D eigenvalue weighted by Crippen LogP contribution is -2.30. The van der Waals surface area contributed by atoms with Crippen LogP contribution < -0.4 is 5.73 Å². The van der Waals surface area contributed by atoms with Crippen molar-refractivity contribution in [3.8, 4) is 0 Å². The molecule has 2 N–H and O–H groups in total. The topological polar surface area (TPSA) is 29.3 Å². The molecule has 2 nitrogen and oxygen atoms in total. The van der Waals surface area contributed by atoms with Crippen LogP contribution in [0.25, 0.3) is 0 Å². The summed E-state index contributed by atoms with van der Waals surface area (Å²) in [7, 11) is 2.04. The molecule has 1 atom stereocenters. The van der Waals surface area contributed by atoms with Crippen molar-refractivity contribution in [2.45, 2.75) is 19.5 Å². The van der Waals surface area contributed by atoms with Crippen LogP contribution in [0.2, 0.25) is 0 Å². The van der Waals surface area contributed by atoms with Gasteiger partial charge < -0.3 is 5.73 Å². The standard InChI is InChI=1S/C17H20BrFN2/c1-12-3-6-14(9-16(12)18)17(10-20)21(2)11-13-4-7-15(19)8-5-13/h3-9,17H,10-11,20H2,1-2H3. The molecule has 0 aromatic heterocycles. The predicted molar refractivity (Wildman–Crippen MR) is 88.5 cm³/mol. The van der Waals surface area contributed by atoms with Gasteiger partial charge in [0.2, 0.25) is 0 Å². The number of hydrogen-bond acceptors (Lipinski definition) is 2. The fourth-order valence-electron chi connectivity index (χ4n) is 2.37. The van der Waals surface area contributed by atoms with Gasteiger partial charge in [0, 0.05) is 23.6 Å². The van der Waals surface area contributed by atoms with Crippen molar-refractivity contribution in [2.24, 2.45) is 5.73 Å². The third-order valence-electron chi connectivity index (χ3n) is 3.68. The first-order chi connectivity index (χ1) is 10.0. The summed E-state index contributed by atoms with van der Waals surface area (Å²) < 4.78 is 14.0. The van der Waals surface area contributed by atoms with Gasteiger partial charge in [0.25, 0.3) is 0 Å². The van der Waals surface area contributed by atoms with Crippen LogP contribution in [-0.2, 0) is 6.54 Å². The summed E-state index contributed by atoms with van der Waals surface area (Å²) in [6.45, 7) is 3.33. The van der Waals surface area contributed by atoms with Crippen molar-refractivity contribution in [3.05, 3.63) is 69.4 Å². The molecule has 0 heterocycles. The smallest absolute Gasteiger partial charge is 0.123 e. The number of rotatable bonds is 5. The van der Waals surface area contributed by atoms with E-state index in [0.717, 1.165) is 16.6 Å². The van der Waals surface area contributed by atoms with E-state index in [2.05, 4.69) is 46.0 Å². The molecule has 0 bridgehead atoms. The maximum atomic E-state index is 13.0. The van der Waals surface area contributed by atoms with E-state index >= 15 is 0 Å². The Bertz CT molecular complexity index is 598. The summed E-state index contributed by atoms with van der Waals surface area (Å²) in [5, 5.41) is 0. The van der Waals surface area contributed by atoms with Crippen molar-refractivity contribution >= 4 is 15.9 Å². The summed E-state index contributed by atoms with van der Waals surface area (Å²) in [4.78, 5) is 2.18. The average molecular weight is 351 g/mol. The van der Waals surface area contributed by atoms with Gasteiger partial charge in [-0.2, -0.15) is 0 Å². The van der Waals surface area contributed by atoms with Crippen LogP contribution >= 0.6 is 15.9 Å². The molecule has 1 unspecified atom stereocenters. The van der Waals surface area contributed by atoms with Crippen molar-refractivity contribution in [1.29, 1.82) is 0 Å². The Labute approximate surface area is 133 Å². The van der Waals surface area contributed by atoms with E-state index in [1.165, 1.54) is 23.3 Å². The van der Waals surface area contributed by atoms with E-state index in [4.69, 9.17) is 5.73 Å². The number of halogens is 2. The number of likely N-dealkylation sites (N-methyl/N-ethyl adjacent to an activating group) is 1. The quantitative estimate of drug-likeness (QED) is 0.881. The van der Waals surface area contributed by atoms with Crippen molar-refractivity contribution in [3.63, 3.8) is 0 Å². The molecule has 0 amide bonds. The monoisotopic (exact) mass is 350 g/mol. The lowest BCUT2D eigenvalue weighted by Gasteiger charge is -2.28. The molecule has 4 heteroatoms. The summed E-state index contributed by atoms with van der Waals surface area (Å²) in [6, 6.07) is 13.0. The maximum Gasteiger partial charge on any atom is 0.123 e. The van der Waals surface area contributed by atoms with Gasteiger partial charge in [-0.15, -0.1) is 0 Å². The molecule has 2 aromatic carbocycles. The van der Waals surface area contributed by atoms with Crippen LogP contribution in [0.15, 0.2) is 46.9 Å². The first kappa shape index (κ1) is 16.1. The molecular weight excluding hydrogens is 331 g/mol. The van der Waals surface area contributed by atoms with Gasteiger partial charge in [-0.3, -0.25) is 4.90 Å². The third-order valence-corrected chi connectivity index (χ3v) is 4.54. The fourth-order valence-corrected chi connectivity index (χ4v) is 2.77. The normalized spacial score (nSPS) is 12.7. The number of aryl methyl sites for hydroxylation is 1. The zero-order valence-electron chi connectivity index (χ0n) is 12.3. The van der Waals surface area contributed by atoms with Gasteiger partial charge in [-0.05, 0) is 48.9 Å². The predicted octanol–water partition coefficient (Wildman–Crippen LogP) is 4.03. The van der Waals surface area contributed by atoms with Crippen LogP contribution in [0.1, 0.15) is 22.7 Å². The highest BCUT2D eigenvalue weighted by Crippen LogP contribution is 2.25. The molecule has 0 saturated carbocycles. The molecule has 0 aliphatic heterocycles. The molecule has 112 valence electrons. The molecule has 0 saturated heterocycles. The highest BCUT2D eigenvalue weighted by atomic mass is 79.9.